The lowest BCUT2D eigenvalue weighted by atomic mass is 10.0. The zero-order chi connectivity index (χ0) is 17.2. The van der Waals surface area contributed by atoms with Gasteiger partial charge in [-0.1, -0.05) is 23.7 Å². The Morgan fingerprint density at radius 1 is 1.12 bits per heavy atom. The molecule has 1 atom stereocenters. The topological polar surface area (TPSA) is 36.4 Å². The van der Waals surface area contributed by atoms with E-state index in [1.807, 2.05) is 36.5 Å². The van der Waals surface area contributed by atoms with Crippen LogP contribution in [0.2, 0.25) is 5.02 Å². The first kappa shape index (κ1) is 16.6. The third-order valence-electron chi connectivity index (χ3n) is 5.31. The number of benzene rings is 1. The summed E-state index contributed by atoms with van der Waals surface area (Å²) >= 11 is 6.03. The molecule has 1 aliphatic carbocycles. The highest BCUT2D eigenvalue weighted by molar-refractivity contribution is 6.31. The first-order chi connectivity index (χ1) is 12.2. The number of anilines is 1. The van der Waals surface area contributed by atoms with Crippen LogP contribution in [0.1, 0.15) is 22.3 Å². The summed E-state index contributed by atoms with van der Waals surface area (Å²) in [6.07, 6.45) is 3.63. The van der Waals surface area contributed by atoms with Gasteiger partial charge >= 0.3 is 0 Å². The largest absolute Gasteiger partial charge is 0.354 e. The number of carbonyl (C=O) groups excluding carboxylic acids is 1. The molecule has 130 valence electrons. The van der Waals surface area contributed by atoms with Crippen LogP contribution < -0.4 is 4.90 Å². The summed E-state index contributed by atoms with van der Waals surface area (Å²) in [7, 11) is 0. The molecule has 1 aromatic heterocycles. The summed E-state index contributed by atoms with van der Waals surface area (Å²) in [5, 5.41) is 0.651. The quantitative estimate of drug-likeness (QED) is 0.843. The van der Waals surface area contributed by atoms with E-state index in [9.17, 15) is 4.79 Å². The van der Waals surface area contributed by atoms with Gasteiger partial charge in [-0.2, -0.15) is 0 Å². The van der Waals surface area contributed by atoms with Crippen LogP contribution in [0.4, 0.5) is 5.82 Å². The van der Waals surface area contributed by atoms with Gasteiger partial charge in [0.25, 0.3) is 0 Å². The number of halogens is 1. The molecule has 0 saturated carbocycles. The van der Waals surface area contributed by atoms with Crippen LogP contribution in [0, 0.1) is 5.92 Å². The molecule has 25 heavy (non-hydrogen) atoms. The van der Waals surface area contributed by atoms with E-state index in [1.54, 1.807) is 0 Å². The summed E-state index contributed by atoms with van der Waals surface area (Å²) in [6.45, 7) is 5.01. The summed E-state index contributed by atoms with van der Waals surface area (Å²) in [4.78, 5) is 21.8. The molecule has 0 amide bonds. The van der Waals surface area contributed by atoms with E-state index in [2.05, 4.69) is 20.9 Å². The monoisotopic (exact) mass is 355 g/mol. The van der Waals surface area contributed by atoms with E-state index in [0.717, 1.165) is 62.5 Å². The number of rotatable bonds is 4. The maximum atomic E-state index is 12.6. The molecule has 1 fully saturated rings. The molecule has 4 nitrogen and oxygen atoms in total. The molecule has 0 spiro atoms. The Labute approximate surface area is 153 Å². The van der Waals surface area contributed by atoms with E-state index in [-0.39, 0.29) is 11.7 Å². The van der Waals surface area contributed by atoms with E-state index in [1.165, 1.54) is 0 Å². The smallest absolute Gasteiger partial charge is 0.166 e. The number of hydrogen-bond acceptors (Lipinski definition) is 4. The van der Waals surface area contributed by atoms with Gasteiger partial charge in [-0.25, -0.2) is 4.98 Å². The van der Waals surface area contributed by atoms with Crippen molar-refractivity contribution in [2.45, 2.75) is 12.8 Å². The summed E-state index contributed by atoms with van der Waals surface area (Å²) in [6, 6.07) is 11.8. The highest BCUT2D eigenvalue weighted by Gasteiger charge is 2.31. The van der Waals surface area contributed by atoms with E-state index in [0.29, 0.717) is 5.02 Å². The lowest BCUT2D eigenvalue weighted by Gasteiger charge is -2.35. The predicted molar refractivity (Wildman–Crippen MR) is 100 cm³/mol. The van der Waals surface area contributed by atoms with Crippen molar-refractivity contribution in [3.8, 4) is 0 Å². The lowest BCUT2D eigenvalue weighted by Crippen LogP contribution is -2.47. The van der Waals surface area contributed by atoms with Gasteiger partial charge in [0.15, 0.2) is 5.78 Å². The Kier molecular flexibility index (Phi) is 4.73. The van der Waals surface area contributed by atoms with E-state index >= 15 is 0 Å². The third-order valence-corrected chi connectivity index (χ3v) is 5.55. The SMILES string of the molecule is O=C1c2cc(Cl)ccc2CC1CCN1CCN(c2ccccn2)CC1. The Morgan fingerprint density at radius 2 is 1.96 bits per heavy atom. The number of piperazine rings is 1. The number of pyridine rings is 1. The van der Waals surface area contributed by atoms with Crippen LogP contribution in [0.25, 0.3) is 0 Å². The van der Waals surface area contributed by atoms with Crippen molar-refractivity contribution in [1.29, 1.82) is 0 Å². The van der Waals surface area contributed by atoms with Crippen LogP contribution in [0.15, 0.2) is 42.6 Å². The Hall–Kier alpha value is -1.91. The van der Waals surface area contributed by atoms with Crippen LogP contribution in [-0.2, 0) is 6.42 Å². The van der Waals surface area contributed by atoms with E-state index < -0.39 is 0 Å². The summed E-state index contributed by atoms with van der Waals surface area (Å²) in [5.41, 5.74) is 1.98. The number of fused-ring (bicyclic) bond motifs is 1. The van der Waals surface area contributed by atoms with Gasteiger partial charge in [-0.15, -0.1) is 0 Å². The Bertz CT molecular complexity index is 757. The minimum absolute atomic E-state index is 0.113. The minimum atomic E-state index is 0.113. The highest BCUT2D eigenvalue weighted by atomic mass is 35.5. The van der Waals surface area contributed by atoms with Gasteiger partial charge in [0.05, 0.1) is 0 Å². The Balaban J connectivity index is 1.28. The molecule has 4 rings (SSSR count). The Morgan fingerprint density at radius 3 is 2.72 bits per heavy atom. The van der Waals surface area contributed by atoms with Crippen molar-refractivity contribution >= 4 is 23.2 Å². The predicted octanol–water partition coefficient (Wildman–Crippen LogP) is 3.30. The van der Waals surface area contributed by atoms with Gasteiger partial charge in [0, 0.05) is 48.9 Å². The number of carbonyl (C=O) groups is 1. The highest BCUT2D eigenvalue weighted by Crippen LogP contribution is 2.31. The second kappa shape index (κ2) is 7.14. The molecule has 1 saturated heterocycles. The van der Waals surface area contributed by atoms with E-state index in [4.69, 9.17) is 11.6 Å². The maximum absolute atomic E-state index is 12.6. The molecule has 0 radical (unpaired) electrons. The fraction of sp³-hybridized carbons (Fsp3) is 0.400. The van der Waals surface area contributed by atoms with Crippen LogP contribution in [0.3, 0.4) is 0 Å². The number of Topliss-reactive ketones (excluding diaryl/α,β-unsaturated/α-hetero) is 1. The molecule has 2 aromatic rings. The summed E-state index contributed by atoms with van der Waals surface area (Å²) < 4.78 is 0. The van der Waals surface area contributed by atoms with Crippen molar-refractivity contribution in [3.05, 3.63) is 58.7 Å². The van der Waals surface area contributed by atoms with Gasteiger partial charge in [-0.3, -0.25) is 9.69 Å². The normalized spacial score (nSPS) is 20.8. The first-order valence-electron chi connectivity index (χ1n) is 8.92. The number of ketones is 1. The van der Waals surface area contributed by atoms with Crippen molar-refractivity contribution in [3.63, 3.8) is 0 Å². The van der Waals surface area contributed by atoms with Crippen LogP contribution in [-0.4, -0.2) is 48.4 Å². The average Bonchev–Trinajstić information content (AvgIpc) is 2.97. The standard InChI is InChI=1S/C20H22ClN3O/c21-17-5-4-15-13-16(20(25)18(15)14-17)6-8-23-9-11-24(12-10-23)19-3-1-2-7-22-19/h1-5,7,14,16H,6,8-13H2. The van der Waals surface area contributed by atoms with Crippen molar-refractivity contribution in [2.75, 3.05) is 37.6 Å². The minimum Gasteiger partial charge on any atom is -0.354 e. The fourth-order valence-corrected chi connectivity index (χ4v) is 4.02. The molecule has 0 N–H and O–H groups in total. The molecule has 1 aliphatic heterocycles. The average molecular weight is 356 g/mol. The number of nitrogens with zero attached hydrogens (tertiary/aromatic N) is 3. The first-order valence-corrected chi connectivity index (χ1v) is 9.29. The van der Waals surface area contributed by atoms with Crippen LogP contribution in [0.5, 0.6) is 0 Å². The van der Waals surface area contributed by atoms with Crippen molar-refractivity contribution < 1.29 is 4.79 Å². The molecular formula is C20H22ClN3O. The van der Waals surface area contributed by atoms with Gasteiger partial charge in [0.2, 0.25) is 0 Å². The lowest BCUT2D eigenvalue weighted by molar-refractivity contribution is 0.0920. The van der Waals surface area contributed by atoms with Gasteiger partial charge in [0.1, 0.15) is 5.82 Å². The third kappa shape index (κ3) is 3.55. The maximum Gasteiger partial charge on any atom is 0.166 e. The molecular weight excluding hydrogens is 334 g/mol. The molecule has 1 unspecified atom stereocenters. The number of hydrogen-bond donors (Lipinski definition) is 0. The molecule has 5 heteroatoms. The fourth-order valence-electron chi connectivity index (χ4n) is 3.85. The van der Waals surface area contributed by atoms with Gasteiger partial charge < -0.3 is 4.90 Å². The summed E-state index contributed by atoms with van der Waals surface area (Å²) in [5.74, 6) is 1.44. The zero-order valence-corrected chi connectivity index (χ0v) is 15.0. The number of aromatic nitrogens is 1. The second-order valence-corrected chi connectivity index (χ2v) is 7.31. The molecule has 0 bridgehead atoms. The van der Waals surface area contributed by atoms with Crippen molar-refractivity contribution in [1.82, 2.24) is 9.88 Å². The molecule has 2 aliphatic rings. The van der Waals surface area contributed by atoms with Crippen LogP contribution >= 0.6 is 11.6 Å². The second-order valence-electron chi connectivity index (χ2n) is 6.87. The molecule has 2 heterocycles. The van der Waals surface area contributed by atoms with Crippen molar-refractivity contribution in [2.24, 2.45) is 5.92 Å². The zero-order valence-electron chi connectivity index (χ0n) is 14.2. The molecule has 1 aromatic carbocycles. The van der Waals surface area contributed by atoms with Gasteiger partial charge in [-0.05, 0) is 49.2 Å².